The summed E-state index contributed by atoms with van der Waals surface area (Å²) in [5.74, 6) is -3.74. The molecule has 0 amide bonds. The number of fused-ring (bicyclic) bond motifs is 6. The van der Waals surface area contributed by atoms with E-state index in [0.717, 1.165) is 0 Å². The predicted octanol–water partition coefficient (Wildman–Crippen LogP) is 5.59. The Labute approximate surface area is 238 Å². The first-order valence-corrected chi connectivity index (χ1v) is 13.1. The number of benzene rings is 4. The number of carbonyl (C=O) groups is 2. The van der Waals surface area contributed by atoms with Crippen LogP contribution in [0.2, 0.25) is 0 Å². The van der Waals surface area contributed by atoms with Crippen LogP contribution in [0.5, 0.6) is 46.0 Å². The van der Waals surface area contributed by atoms with Crippen LogP contribution in [0.15, 0.2) is 48.5 Å². The standard InChI is InChI=1S/C32H24O10/c1-13(33)15-4-9-20-25(29(15)38)24-18(36)8-11-22-28(24)31(3,40-20)12-32(42-22)27-19(37)7-6-17(35)23(27)26-21(41-32)10-5-16(14(2)34)30(26)39/h4-11,35-39H,12H2,1-3H3/t31-,32-/m1/s1. The minimum absolute atomic E-state index is 0.000869. The van der Waals surface area contributed by atoms with E-state index in [1.807, 2.05) is 0 Å². The number of ether oxygens (including phenoxy) is 3. The molecule has 3 heterocycles. The number of rotatable bonds is 2. The van der Waals surface area contributed by atoms with E-state index in [1.165, 1.54) is 62.4 Å². The average molecular weight is 569 g/mol. The van der Waals surface area contributed by atoms with E-state index in [1.54, 1.807) is 6.92 Å². The molecule has 0 bridgehead atoms. The molecular weight excluding hydrogens is 544 g/mol. The van der Waals surface area contributed by atoms with Gasteiger partial charge in [0.1, 0.15) is 51.6 Å². The van der Waals surface area contributed by atoms with Crippen LogP contribution in [0.3, 0.4) is 0 Å². The van der Waals surface area contributed by atoms with Crippen molar-refractivity contribution in [1.29, 1.82) is 0 Å². The number of hydrogen-bond acceptors (Lipinski definition) is 10. The normalized spacial score (nSPS) is 20.6. The summed E-state index contributed by atoms with van der Waals surface area (Å²) < 4.78 is 19.5. The maximum atomic E-state index is 12.2. The molecule has 7 rings (SSSR count). The Bertz CT molecular complexity index is 1930. The van der Waals surface area contributed by atoms with E-state index in [0.29, 0.717) is 5.56 Å². The number of phenols is 5. The van der Waals surface area contributed by atoms with Gasteiger partial charge in [-0.1, -0.05) is 0 Å². The van der Waals surface area contributed by atoms with E-state index in [-0.39, 0.29) is 91.4 Å². The summed E-state index contributed by atoms with van der Waals surface area (Å²) in [6.45, 7) is 4.34. The van der Waals surface area contributed by atoms with Gasteiger partial charge in [0.25, 0.3) is 5.79 Å². The molecule has 0 fully saturated rings. The van der Waals surface area contributed by atoms with Gasteiger partial charge in [-0.25, -0.2) is 0 Å². The minimum atomic E-state index is -1.83. The number of carbonyl (C=O) groups excluding carboxylic acids is 2. The Morgan fingerprint density at radius 2 is 1.05 bits per heavy atom. The molecule has 3 aliphatic heterocycles. The number of aromatic hydroxyl groups is 5. The fourth-order valence-electron chi connectivity index (χ4n) is 6.52. The third kappa shape index (κ3) is 3.14. The quantitative estimate of drug-likeness (QED) is 0.152. The lowest BCUT2D eigenvalue weighted by molar-refractivity contribution is -0.181. The summed E-state index contributed by atoms with van der Waals surface area (Å²) in [5, 5.41) is 55.5. The third-order valence-corrected chi connectivity index (χ3v) is 8.21. The van der Waals surface area contributed by atoms with Crippen molar-refractivity contribution in [2.24, 2.45) is 0 Å². The summed E-state index contributed by atoms with van der Waals surface area (Å²) in [6, 6.07) is 11.2. The van der Waals surface area contributed by atoms with Gasteiger partial charge >= 0.3 is 0 Å². The Morgan fingerprint density at radius 1 is 0.595 bits per heavy atom. The van der Waals surface area contributed by atoms with Gasteiger partial charge in [0, 0.05) is 16.7 Å². The van der Waals surface area contributed by atoms with E-state index in [9.17, 15) is 35.1 Å². The lowest BCUT2D eigenvalue weighted by Gasteiger charge is -2.50. The molecule has 4 aromatic carbocycles. The Balaban J connectivity index is 1.51. The molecule has 0 aromatic heterocycles. The van der Waals surface area contributed by atoms with E-state index < -0.39 is 22.9 Å². The second-order valence-corrected chi connectivity index (χ2v) is 10.9. The molecule has 0 aliphatic carbocycles. The number of Topliss-reactive ketones (excluding diaryl/α,β-unsaturated/α-hetero) is 2. The maximum Gasteiger partial charge on any atom is 0.286 e. The SMILES string of the molecule is CC(=O)c1ccc2c(c1O)-c1c(O)ccc(O)c1[C@]1(C[C@@]3(C)Oc4ccc(C(C)=O)c(O)c4-c4c(O)ccc(c43)O1)O2. The molecule has 0 saturated heterocycles. The minimum Gasteiger partial charge on any atom is -0.507 e. The molecule has 212 valence electrons. The number of phenolic OH excluding ortho intramolecular Hbond substituents is 5. The molecule has 2 atom stereocenters. The molecule has 10 nitrogen and oxygen atoms in total. The van der Waals surface area contributed by atoms with Crippen LogP contribution in [0.25, 0.3) is 22.3 Å². The van der Waals surface area contributed by atoms with E-state index in [4.69, 9.17) is 14.2 Å². The van der Waals surface area contributed by atoms with Crippen molar-refractivity contribution in [3.63, 3.8) is 0 Å². The summed E-state index contributed by atoms with van der Waals surface area (Å²) in [5.41, 5.74) is -0.509. The molecule has 0 saturated carbocycles. The first-order valence-electron chi connectivity index (χ1n) is 13.1. The second-order valence-electron chi connectivity index (χ2n) is 10.9. The van der Waals surface area contributed by atoms with Crippen LogP contribution < -0.4 is 14.2 Å². The highest BCUT2D eigenvalue weighted by Crippen LogP contribution is 2.65. The van der Waals surface area contributed by atoms with Crippen molar-refractivity contribution in [3.05, 3.63) is 70.8 Å². The van der Waals surface area contributed by atoms with E-state index >= 15 is 0 Å². The molecule has 0 radical (unpaired) electrons. The molecule has 4 aromatic rings. The van der Waals surface area contributed by atoms with Crippen LogP contribution in [0.1, 0.15) is 59.0 Å². The largest absolute Gasteiger partial charge is 0.507 e. The Morgan fingerprint density at radius 3 is 1.62 bits per heavy atom. The van der Waals surface area contributed by atoms with Gasteiger partial charge in [0.2, 0.25) is 0 Å². The number of hydrogen-bond donors (Lipinski definition) is 5. The smallest absolute Gasteiger partial charge is 0.286 e. The van der Waals surface area contributed by atoms with Gasteiger partial charge in [-0.05, 0) is 69.3 Å². The predicted molar refractivity (Wildman–Crippen MR) is 148 cm³/mol. The molecule has 1 spiro atoms. The second kappa shape index (κ2) is 8.10. The van der Waals surface area contributed by atoms with Gasteiger partial charge < -0.3 is 39.7 Å². The van der Waals surface area contributed by atoms with Crippen molar-refractivity contribution in [3.8, 4) is 68.2 Å². The summed E-state index contributed by atoms with van der Waals surface area (Å²) in [7, 11) is 0. The third-order valence-electron chi connectivity index (χ3n) is 8.21. The van der Waals surface area contributed by atoms with Crippen LogP contribution in [0.4, 0.5) is 0 Å². The molecule has 42 heavy (non-hydrogen) atoms. The molecular formula is C32H24O10. The lowest BCUT2D eigenvalue weighted by Crippen LogP contribution is -2.53. The summed E-state index contributed by atoms with van der Waals surface area (Å²) >= 11 is 0. The van der Waals surface area contributed by atoms with Gasteiger partial charge in [0.15, 0.2) is 11.6 Å². The fourth-order valence-corrected chi connectivity index (χ4v) is 6.52. The first-order chi connectivity index (χ1) is 19.9. The van der Waals surface area contributed by atoms with Crippen molar-refractivity contribution in [2.45, 2.75) is 38.6 Å². The zero-order valence-electron chi connectivity index (χ0n) is 22.6. The lowest BCUT2D eigenvalue weighted by atomic mass is 9.74. The average Bonchev–Trinajstić information content (AvgIpc) is 2.91. The van der Waals surface area contributed by atoms with Crippen LogP contribution in [0, 0.1) is 0 Å². The van der Waals surface area contributed by atoms with Crippen LogP contribution >= 0.6 is 0 Å². The van der Waals surface area contributed by atoms with Gasteiger partial charge in [-0.15, -0.1) is 0 Å². The van der Waals surface area contributed by atoms with E-state index in [2.05, 4.69) is 0 Å². The monoisotopic (exact) mass is 568 g/mol. The van der Waals surface area contributed by atoms with Gasteiger partial charge in [-0.3, -0.25) is 9.59 Å². The summed E-state index contributed by atoms with van der Waals surface area (Å²) in [6.07, 6.45) is -0.142. The molecule has 0 unspecified atom stereocenters. The molecule has 3 aliphatic rings. The van der Waals surface area contributed by atoms with Gasteiger partial charge in [0.05, 0.1) is 34.2 Å². The van der Waals surface area contributed by atoms with Crippen LogP contribution in [-0.2, 0) is 11.4 Å². The fraction of sp³-hybridized carbons (Fsp3) is 0.188. The highest BCUT2D eigenvalue weighted by Gasteiger charge is 2.59. The Kier molecular flexibility index (Phi) is 4.93. The Hall–Kier alpha value is -5.38. The zero-order chi connectivity index (χ0) is 29.9. The highest BCUT2D eigenvalue weighted by molar-refractivity contribution is 6.02. The molecule has 5 N–H and O–H groups in total. The zero-order valence-corrected chi connectivity index (χ0v) is 22.6. The maximum absolute atomic E-state index is 12.2. The van der Waals surface area contributed by atoms with Crippen molar-refractivity contribution in [2.75, 3.05) is 0 Å². The van der Waals surface area contributed by atoms with Crippen molar-refractivity contribution >= 4 is 11.6 Å². The summed E-state index contributed by atoms with van der Waals surface area (Å²) in [4.78, 5) is 24.4. The van der Waals surface area contributed by atoms with Crippen molar-refractivity contribution < 1.29 is 49.3 Å². The van der Waals surface area contributed by atoms with Crippen LogP contribution in [-0.4, -0.2) is 37.1 Å². The van der Waals surface area contributed by atoms with Crippen molar-refractivity contribution in [1.82, 2.24) is 0 Å². The number of ketones is 2. The molecule has 10 heteroatoms. The first kappa shape index (κ1) is 25.6. The highest BCUT2D eigenvalue weighted by atomic mass is 16.7. The van der Waals surface area contributed by atoms with Gasteiger partial charge in [-0.2, -0.15) is 0 Å². The topological polar surface area (TPSA) is 163 Å².